The van der Waals surface area contributed by atoms with Gasteiger partial charge in [0.05, 0.1) is 12.5 Å². The molecule has 1 saturated heterocycles. The molecule has 1 aliphatic rings. The Balaban J connectivity index is 1.57. The molecule has 0 bridgehead atoms. The van der Waals surface area contributed by atoms with Crippen molar-refractivity contribution in [2.75, 3.05) is 26.2 Å². The maximum Gasteiger partial charge on any atom is 0.312 e. The number of amides is 3. The largest absolute Gasteiger partial charge is 0.352 e. The fourth-order valence-corrected chi connectivity index (χ4v) is 3.69. The molecule has 1 fully saturated rings. The number of hydrogen-bond acceptors (Lipinski definition) is 3. The van der Waals surface area contributed by atoms with Crippen LogP contribution in [0.3, 0.4) is 0 Å². The molecule has 6 heteroatoms. The number of carbonyl (C=O) groups is 2. The predicted octanol–water partition coefficient (Wildman–Crippen LogP) is 2.44. The van der Waals surface area contributed by atoms with Gasteiger partial charge in [0.1, 0.15) is 0 Å². The first-order chi connectivity index (χ1) is 13.5. The van der Waals surface area contributed by atoms with E-state index in [-0.39, 0.29) is 12.3 Å². The van der Waals surface area contributed by atoms with Crippen LogP contribution >= 0.6 is 0 Å². The second kappa shape index (κ2) is 9.37. The second-order valence-corrected chi connectivity index (χ2v) is 7.26. The van der Waals surface area contributed by atoms with Gasteiger partial charge in [-0.25, -0.2) is 4.79 Å². The van der Waals surface area contributed by atoms with Crippen molar-refractivity contribution in [3.63, 3.8) is 0 Å². The summed E-state index contributed by atoms with van der Waals surface area (Å²) in [6.45, 7) is 5.96. The Morgan fingerprint density at radius 3 is 2.29 bits per heavy atom. The summed E-state index contributed by atoms with van der Waals surface area (Å²) in [4.78, 5) is 28.5. The Morgan fingerprint density at radius 1 is 1.00 bits per heavy atom. The van der Waals surface area contributed by atoms with Crippen LogP contribution in [0.25, 0.3) is 0 Å². The molecule has 3 rings (SSSR count). The molecule has 3 N–H and O–H groups in total. The zero-order valence-electron chi connectivity index (χ0n) is 16.3. The molecular weight excluding hydrogens is 352 g/mol. The second-order valence-electron chi connectivity index (χ2n) is 7.26. The van der Waals surface area contributed by atoms with Crippen molar-refractivity contribution in [2.24, 2.45) is 5.73 Å². The molecule has 0 radical (unpaired) electrons. The zero-order valence-corrected chi connectivity index (χ0v) is 16.3. The average molecular weight is 380 g/mol. The highest BCUT2D eigenvalue weighted by Gasteiger charge is 2.25. The molecule has 28 heavy (non-hydrogen) atoms. The van der Waals surface area contributed by atoms with Gasteiger partial charge < -0.3 is 16.0 Å². The number of nitrogens with two attached hydrogens (primary N) is 1. The van der Waals surface area contributed by atoms with Crippen LogP contribution < -0.4 is 11.1 Å². The van der Waals surface area contributed by atoms with Gasteiger partial charge >= 0.3 is 6.03 Å². The number of rotatable bonds is 6. The van der Waals surface area contributed by atoms with Crippen molar-refractivity contribution in [3.05, 3.63) is 71.3 Å². The molecule has 0 aromatic heterocycles. The first kappa shape index (κ1) is 19.9. The van der Waals surface area contributed by atoms with E-state index >= 15 is 0 Å². The van der Waals surface area contributed by atoms with Gasteiger partial charge in [0.15, 0.2) is 0 Å². The van der Waals surface area contributed by atoms with Gasteiger partial charge in [-0.2, -0.15) is 0 Å². The van der Waals surface area contributed by atoms with E-state index in [1.165, 1.54) is 5.56 Å². The lowest BCUT2D eigenvalue weighted by Gasteiger charge is -2.35. The Labute approximate surface area is 166 Å². The number of hydrogen-bond donors (Lipinski definition) is 2. The van der Waals surface area contributed by atoms with Crippen LogP contribution in [0.1, 0.15) is 29.2 Å². The normalized spacial score (nSPS) is 15.8. The first-order valence-corrected chi connectivity index (χ1v) is 9.68. The van der Waals surface area contributed by atoms with Gasteiger partial charge in [-0.1, -0.05) is 54.6 Å². The van der Waals surface area contributed by atoms with Crippen LogP contribution in [0.15, 0.2) is 54.6 Å². The van der Waals surface area contributed by atoms with Gasteiger partial charge in [-0.3, -0.25) is 9.69 Å². The highest BCUT2D eigenvalue weighted by Crippen LogP contribution is 2.22. The summed E-state index contributed by atoms with van der Waals surface area (Å²) >= 11 is 0. The lowest BCUT2D eigenvalue weighted by molar-refractivity contribution is -0.133. The molecule has 0 spiro atoms. The van der Waals surface area contributed by atoms with Crippen molar-refractivity contribution in [1.29, 1.82) is 0 Å². The Morgan fingerprint density at radius 2 is 1.64 bits per heavy atom. The van der Waals surface area contributed by atoms with Crippen LogP contribution in [0.5, 0.6) is 0 Å². The third kappa shape index (κ3) is 5.33. The quantitative estimate of drug-likeness (QED) is 0.808. The molecule has 0 saturated carbocycles. The minimum atomic E-state index is -0.617. The van der Waals surface area contributed by atoms with E-state index in [0.717, 1.165) is 30.8 Å². The van der Waals surface area contributed by atoms with Gasteiger partial charge in [0, 0.05) is 32.7 Å². The molecule has 1 atom stereocenters. The van der Waals surface area contributed by atoms with E-state index in [0.29, 0.717) is 13.1 Å². The van der Waals surface area contributed by atoms with Crippen LogP contribution in [0, 0.1) is 6.92 Å². The SMILES string of the molecule is Cc1ccccc1[C@@H](CC(=O)N1CCN(Cc2ccccc2)CC1)NC(N)=O. The monoisotopic (exact) mass is 380 g/mol. The van der Waals surface area contributed by atoms with E-state index in [4.69, 9.17) is 5.73 Å². The van der Waals surface area contributed by atoms with Gasteiger partial charge in [0.25, 0.3) is 0 Å². The fourth-order valence-electron chi connectivity index (χ4n) is 3.69. The van der Waals surface area contributed by atoms with E-state index in [9.17, 15) is 9.59 Å². The van der Waals surface area contributed by atoms with Crippen molar-refractivity contribution in [1.82, 2.24) is 15.1 Å². The first-order valence-electron chi connectivity index (χ1n) is 9.68. The van der Waals surface area contributed by atoms with E-state index in [1.807, 2.05) is 54.3 Å². The Bertz CT molecular complexity index is 801. The molecular formula is C22H28N4O2. The van der Waals surface area contributed by atoms with Crippen molar-refractivity contribution in [3.8, 4) is 0 Å². The van der Waals surface area contributed by atoms with Gasteiger partial charge in [0.2, 0.25) is 5.91 Å². The number of carbonyl (C=O) groups excluding carboxylic acids is 2. The number of urea groups is 1. The minimum absolute atomic E-state index is 0.0429. The molecule has 2 aromatic rings. The smallest absolute Gasteiger partial charge is 0.312 e. The number of nitrogens with one attached hydrogen (secondary N) is 1. The lowest BCUT2D eigenvalue weighted by atomic mass is 9.98. The maximum atomic E-state index is 12.9. The molecule has 6 nitrogen and oxygen atoms in total. The number of benzene rings is 2. The summed E-state index contributed by atoms with van der Waals surface area (Å²) in [5, 5.41) is 2.73. The zero-order chi connectivity index (χ0) is 19.9. The lowest BCUT2D eigenvalue weighted by Crippen LogP contribution is -2.49. The molecule has 2 aromatic carbocycles. The predicted molar refractivity (Wildman–Crippen MR) is 110 cm³/mol. The number of primary amides is 1. The summed E-state index contributed by atoms with van der Waals surface area (Å²) < 4.78 is 0. The highest BCUT2D eigenvalue weighted by molar-refractivity contribution is 5.79. The van der Waals surface area contributed by atoms with Crippen molar-refractivity contribution >= 4 is 11.9 Å². The Hall–Kier alpha value is -2.86. The number of nitrogens with zero attached hydrogens (tertiary/aromatic N) is 2. The van der Waals surface area contributed by atoms with Crippen molar-refractivity contribution < 1.29 is 9.59 Å². The van der Waals surface area contributed by atoms with Crippen LogP contribution in [0.4, 0.5) is 4.79 Å². The molecule has 1 aliphatic heterocycles. The third-order valence-corrected chi connectivity index (χ3v) is 5.23. The summed E-state index contributed by atoms with van der Waals surface area (Å²) in [6.07, 6.45) is 0.215. The van der Waals surface area contributed by atoms with Crippen LogP contribution in [0.2, 0.25) is 0 Å². The average Bonchev–Trinajstić information content (AvgIpc) is 2.69. The third-order valence-electron chi connectivity index (χ3n) is 5.23. The molecule has 1 heterocycles. The summed E-state index contributed by atoms with van der Waals surface area (Å²) in [7, 11) is 0. The summed E-state index contributed by atoms with van der Waals surface area (Å²) in [5.41, 5.74) is 8.59. The van der Waals surface area contributed by atoms with E-state index in [1.54, 1.807) is 0 Å². The minimum Gasteiger partial charge on any atom is -0.352 e. The molecule has 3 amide bonds. The number of aryl methyl sites for hydroxylation is 1. The molecule has 0 aliphatic carbocycles. The highest BCUT2D eigenvalue weighted by atomic mass is 16.2. The topological polar surface area (TPSA) is 78.7 Å². The molecule has 0 unspecified atom stereocenters. The molecule has 148 valence electrons. The van der Waals surface area contributed by atoms with E-state index < -0.39 is 12.1 Å². The van der Waals surface area contributed by atoms with Gasteiger partial charge in [-0.05, 0) is 23.6 Å². The Kier molecular flexibility index (Phi) is 6.66. The van der Waals surface area contributed by atoms with E-state index in [2.05, 4.69) is 22.3 Å². The number of piperazine rings is 1. The van der Waals surface area contributed by atoms with Gasteiger partial charge in [-0.15, -0.1) is 0 Å². The van der Waals surface area contributed by atoms with Crippen LogP contribution in [-0.2, 0) is 11.3 Å². The summed E-state index contributed by atoms with van der Waals surface area (Å²) in [5.74, 6) is 0.0429. The standard InChI is InChI=1S/C22H28N4O2/c1-17-7-5-6-10-19(17)20(24-22(23)28)15-21(27)26-13-11-25(12-14-26)16-18-8-3-2-4-9-18/h2-10,20H,11-16H2,1H3,(H3,23,24,28)/t20-/m1/s1. The maximum absolute atomic E-state index is 12.9. The van der Waals surface area contributed by atoms with Crippen molar-refractivity contribution in [2.45, 2.75) is 25.9 Å². The van der Waals surface area contributed by atoms with Crippen LogP contribution in [-0.4, -0.2) is 47.9 Å². The fraction of sp³-hybridized carbons (Fsp3) is 0.364. The summed E-state index contributed by atoms with van der Waals surface area (Å²) in [6, 6.07) is 17.1.